The topological polar surface area (TPSA) is 41.6 Å². The van der Waals surface area contributed by atoms with E-state index >= 15 is 0 Å². The molecule has 0 spiro atoms. The van der Waals surface area contributed by atoms with Crippen LogP contribution in [-0.2, 0) is 4.74 Å². The standard InChI is InChI=1S/C15H26N2O2S.C3H8.C2H6/c1-11(13-16-7-9-20-13)12-6-5-8-17(10-12)14(18)19-15(2,3)4;1-3-2;1-2/h7,9,11-13,16H,5-6,8,10H2,1-4H3;3H2,1-2H3;1-2H3/t11-,12-,13?;;/m0../s1. The van der Waals surface area contributed by atoms with E-state index in [0.29, 0.717) is 17.2 Å². The van der Waals surface area contributed by atoms with E-state index in [2.05, 4.69) is 31.5 Å². The predicted octanol–water partition coefficient (Wildman–Crippen LogP) is 5.85. The number of piperidine rings is 1. The molecule has 2 heterocycles. The van der Waals surface area contributed by atoms with Gasteiger partial charge in [-0.1, -0.05) is 41.0 Å². The molecule has 148 valence electrons. The largest absolute Gasteiger partial charge is 0.444 e. The first-order valence-electron chi connectivity index (χ1n) is 9.83. The highest BCUT2D eigenvalue weighted by molar-refractivity contribution is 8.02. The van der Waals surface area contributed by atoms with E-state index in [1.807, 2.05) is 57.5 Å². The highest BCUT2D eigenvalue weighted by Crippen LogP contribution is 2.33. The van der Waals surface area contributed by atoms with Gasteiger partial charge in [0.1, 0.15) is 5.60 Å². The second-order valence-electron chi connectivity index (χ2n) is 7.42. The first kappa shape index (κ1) is 24.2. The van der Waals surface area contributed by atoms with Crippen LogP contribution < -0.4 is 5.32 Å². The number of likely N-dealkylation sites (tertiary alicyclic amines) is 1. The maximum absolute atomic E-state index is 12.2. The van der Waals surface area contributed by atoms with Crippen molar-refractivity contribution in [1.29, 1.82) is 0 Å². The van der Waals surface area contributed by atoms with Crippen molar-refractivity contribution in [3.8, 4) is 0 Å². The van der Waals surface area contributed by atoms with Crippen LogP contribution in [0.15, 0.2) is 11.6 Å². The Morgan fingerprint density at radius 2 is 1.96 bits per heavy atom. The summed E-state index contributed by atoms with van der Waals surface area (Å²) >= 11 is 1.84. The first-order valence-corrected chi connectivity index (χ1v) is 10.8. The van der Waals surface area contributed by atoms with E-state index in [9.17, 15) is 4.79 Å². The normalized spacial score (nSPS) is 23.4. The zero-order valence-electron chi connectivity index (χ0n) is 17.6. The number of hydrogen-bond acceptors (Lipinski definition) is 4. The number of amides is 1. The Morgan fingerprint density at radius 1 is 1.36 bits per heavy atom. The minimum atomic E-state index is -0.414. The van der Waals surface area contributed by atoms with Crippen LogP contribution >= 0.6 is 11.8 Å². The van der Waals surface area contributed by atoms with Gasteiger partial charge in [-0.15, -0.1) is 11.8 Å². The summed E-state index contributed by atoms with van der Waals surface area (Å²) in [6.07, 6.45) is 5.36. The number of hydrogen-bond donors (Lipinski definition) is 1. The van der Waals surface area contributed by atoms with Gasteiger partial charge >= 0.3 is 6.09 Å². The smallest absolute Gasteiger partial charge is 0.410 e. The Bertz CT molecular complexity index is 386. The Balaban J connectivity index is 0.00000104. The predicted molar refractivity (Wildman–Crippen MR) is 111 cm³/mol. The average molecular weight is 373 g/mol. The molecule has 0 bridgehead atoms. The van der Waals surface area contributed by atoms with E-state index in [4.69, 9.17) is 4.74 Å². The lowest BCUT2D eigenvalue weighted by Crippen LogP contribution is -2.46. The van der Waals surface area contributed by atoms with Gasteiger partial charge in [-0.2, -0.15) is 0 Å². The molecule has 0 aromatic rings. The number of thioether (sulfide) groups is 1. The van der Waals surface area contributed by atoms with Crippen LogP contribution in [0.25, 0.3) is 0 Å². The summed E-state index contributed by atoms with van der Waals surface area (Å²) in [5.74, 6) is 1.08. The van der Waals surface area contributed by atoms with Crippen LogP contribution in [0.4, 0.5) is 4.79 Å². The zero-order chi connectivity index (χ0) is 19.5. The quantitative estimate of drug-likeness (QED) is 0.660. The van der Waals surface area contributed by atoms with Crippen LogP contribution in [0.2, 0.25) is 0 Å². The van der Waals surface area contributed by atoms with Crippen LogP contribution in [0, 0.1) is 11.8 Å². The van der Waals surface area contributed by atoms with Gasteiger partial charge in [-0.3, -0.25) is 0 Å². The highest BCUT2D eigenvalue weighted by atomic mass is 32.2. The first-order chi connectivity index (χ1) is 11.8. The molecule has 3 atom stereocenters. The van der Waals surface area contributed by atoms with Crippen molar-refractivity contribution in [3.05, 3.63) is 11.6 Å². The molecule has 5 heteroatoms. The molecular formula is C20H40N2O2S. The third-order valence-electron chi connectivity index (χ3n) is 3.88. The third kappa shape index (κ3) is 9.43. The summed E-state index contributed by atoms with van der Waals surface area (Å²) in [5.41, 5.74) is -0.414. The third-order valence-corrected chi connectivity index (χ3v) is 5.04. The monoisotopic (exact) mass is 372 g/mol. The highest BCUT2D eigenvalue weighted by Gasteiger charge is 2.33. The minimum absolute atomic E-state index is 0.167. The molecule has 2 rings (SSSR count). The average Bonchev–Trinajstić information content (AvgIpc) is 3.10. The fourth-order valence-electron chi connectivity index (χ4n) is 2.75. The van der Waals surface area contributed by atoms with Crippen molar-refractivity contribution < 1.29 is 9.53 Å². The number of carbonyl (C=O) groups excluding carboxylic acids is 1. The number of carbonyl (C=O) groups is 1. The van der Waals surface area contributed by atoms with E-state index < -0.39 is 5.60 Å². The molecule has 1 N–H and O–H groups in total. The van der Waals surface area contributed by atoms with Crippen molar-refractivity contribution >= 4 is 17.9 Å². The fourth-order valence-corrected chi connectivity index (χ4v) is 3.71. The number of nitrogens with zero attached hydrogens (tertiary/aromatic N) is 1. The Hall–Kier alpha value is -0.840. The number of ether oxygens (including phenoxy) is 1. The summed E-state index contributed by atoms with van der Waals surface area (Å²) in [4.78, 5) is 14.1. The van der Waals surface area contributed by atoms with Gasteiger partial charge in [-0.05, 0) is 50.9 Å². The molecule has 1 unspecified atom stereocenters. The lowest BCUT2D eigenvalue weighted by Gasteiger charge is -2.38. The maximum atomic E-state index is 12.2. The molecule has 0 radical (unpaired) electrons. The van der Waals surface area contributed by atoms with E-state index in [0.717, 1.165) is 19.5 Å². The van der Waals surface area contributed by atoms with Crippen molar-refractivity contribution in [2.24, 2.45) is 11.8 Å². The van der Waals surface area contributed by atoms with Crippen LogP contribution in [0.3, 0.4) is 0 Å². The van der Waals surface area contributed by atoms with Crippen molar-refractivity contribution in [1.82, 2.24) is 10.2 Å². The van der Waals surface area contributed by atoms with Gasteiger partial charge in [0.2, 0.25) is 0 Å². The van der Waals surface area contributed by atoms with Crippen molar-refractivity contribution in [2.45, 2.75) is 85.6 Å². The van der Waals surface area contributed by atoms with E-state index in [1.54, 1.807) is 0 Å². The Morgan fingerprint density at radius 3 is 2.44 bits per heavy atom. The molecule has 1 fully saturated rings. The molecule has 0 aromatic carbocycles. The van der Waals surface area contributed by atoms with Gasteiger partial charge < -0.3 is 15.0 Å². The number of rotatable bonds is 2. The van der Waals surface area contributed by atoms with Gasteiger partial charge in [0, 0.05) is 19.3 Å². The van der Waals surface area contributed by atoms with Crippen molar-refractivity contribution in [3.63, 3.8) is 0 Å². The molecule has 4 nitrogen and oxygen atoms in total. The molecule has 1 saturated heterocycles. The molecular weight excluding hydrogens is 332 g/mol. The summed E-state index contributed by atoms with van der Waals surface area (Å²) in [6.45, 7) is 17.9. The Kier molecular flexibility index (Phi) is 12.1. The lowest BCUT2D eigenvalue weighted by atomic mass is 9.86. The van der Waals surface area contributed by atoms with Gasteiger partial charge in [0.15, 0.2) is 0 Å². The molecule has 1 amide bonds. The molecule has 2 aliphatic rings. The molecule has 0 aromatic heterocycles. The lowest BCUT2D eigenvalue weighted by molar-refractivity contribution is 0.0133. The second-order valence-corrected chi connectivity index (χ2v) is 8.47. The second kappa shape index (κ2) is 12.5. The van der Waals surface area contributed by atoms with Gasteiger partial charge in [-0.25, -0.2) is 4.79 Å². The van der Waals surface area contributed by atoms with Crippen LogP contribution in [0.1, 0.15) is 74.7 Å². The summed E-state index contributed by atoms with van der Waals surface area (Å²) in [5, 5.41) is 5.93. The number of nitrogens with one attached hydrogen (secondary N) is 1. The van der Waals surface area contributed by atoms with Crippen LogP contribution in [0.5, 0.6) is 0 Å². The van der Waals surface area contributed by atoms with Crippen molar-refractivity contribution in [2.75, 3.05) is 13.1 Å². The SMILES string of the molecule is CC.CCC.C[C@H](C1NC=CS1)[C@H]1CCCN(C(=O)OC(C)(C)C)C1. The molecule has 0 aliphatic carbocycles. The summed E-state index contributed by atoms with van der Waals surface area (Å²) in [6, 6.07) is 0. The molecule has 2 aliphatic heterocycles. The summed E-state index contributed by atoms with van der Waals surface area (Å²) < 4.78 is 5.48. The molecule has 25 heavy (non-hydrogen) atoms. The molecule has 0 saturated carbocycles. The van der Waals surface area contributed by atoms with Crippen LogP contribution in [-0.4, -0.2) is 35.1 Å². The zero-order valence-corrected chi connectivity index (χ0v) is 18.4. The van der Waals surface area contributed by atoms with E-state index in [1.165, 1.54) is 12.8 Å². The van der Waals surface area contributed by atoms with E-state index in [-0.39, 0.29) is 6.09 Å². The van der Waals surface area contributed by atoms with Gasteiger partial charge in [0.05, 0.1) is 5.37 Å². The summed E-state index contributed by atoms with van der Waals surface area (Å²) in [7, 11) is 0. The van der Waals surface area contributed by atoms with Gasteiger partial charge in [0.25, 0.3) is 0 Å². The Labute approximate surface area is 160 Å². The fraction of sp³-hybridized carbons (Fsp3) is 0.850. The minimum Gasteiger partial charge on any atom is -0.444 e. The maximum Gasteiger partial charge on any atom is 0.410 e.